The molecule has 7 nitrogen and oxygen atoms in total. The van der Waals surface area contributed by atoms with Gasteiger partial charge in [0.1, 0.15) is 32.7 Å². The van der Waals surface area contributed by atoms with Crippen LogP contribution in [-0.2, 0) is 11.3 Å². The molecule has 2 fully saturated rings. The summed E-state index contributed by atoms with van der Waals surface area (Å²) in [4.78, 5) is 18.2. The number of rotatable bonds is 7. The summed E-state index contributed by atoms with van der Waals surface area (Å²) in [6.07, 6.45) is 1.23. The minimum absolute atomic E-state index is 0.0367. The van der Waals surface area contributed by atoms with Gasteiger partial charge >= 0.3 is 0 Å². The topological polar surface area (TPSA) is 56.9 Å². The molecule has 31 heavy (non-hydrogen) atoms. The highest BCUT2D eigenvalue weighted by molar-refractivity contribution is 5.80. The van der Waals surface area contributed by atoms with Crippen LogP contribution in [0.2, 0.25) is 0 Å². The van der Waals surface area contributed by atoms with E-state index < -0.39 is 0 Å². The van der Waals surface area contributed by atoms with Gasteiger partial charge in [-0.2, -0.15) is 0 Å². The number of hydrogen-bond donors (Lipinski definition) is 2. The number of likely N-dealkylation sites (tertiary alicyclic amines) is 1. The highest BCUT2D eigenvalue weighted by Crippen LogP contribution is 2.39. The van der Waals surface area contributed by atoms with Crippen LogP contribution in [0.3, 0.4) is 0 Å². The largest absolute Gasteiger partial charge is 0.493 e. The Hall–Kier alpha value is -1.99. The second-order valence-corrected chi connectivity index (χ2v) is 9.49. The number of methoxy groups -OCH3 is 3. The molecule has 0 saturated carbocycles. The second-order valence-electron chi connectivity index (χ2n) is 9.49. The molecule has 0 aromatic heterocycles. The Balaban J connectivity index is 1.58. The first-order chi connectivity index (χ1) is 14.9. The van der Waals surface area contributed by atoms with Gasteiger partial charge in [0.15, 0.2) is 17.5 Å². The number of hydrogen-bond acceptors (Lipinski definition) is 4. The number of amides is 1. The Kier molecular flexibility index (Phi) is 8.06. The molecule has 174 valence electrons. The summed E-state index contributed by atoms with van der Waals surface area (Å²) in [5.74, 6) is 3.62. The fourth-order valence-corrected chi connectivity index (χ4v) is 5.40. The summed E-state index contributed by atoms with van der Waals surface area (Å²) in [6, 6.07) is 4.05. The number of nitrogens with one attached hydrogen (secondary N) is 2. The molecular formula is C24H41N3O4+2. The van der Waals surface area contributed by atoms with Crippen molar-refractivity contribution < 1.29 is 28.8 Å². The third-order valence-electron chi connectivity index (χ3n) is 6.99. The van der Waals surface area contributed by atoms with Crippen molar-refractivity contribution in [1.29, 1.82) is 0 Å². The maximum Gasteiger partial charge on any atom is 0.280 e. The van der Waals surface area contributed by atoms with Gasteiger partial charge < -0.3 is 28.9 Å². The van der Waals surface area contributed by atoms with Gasteiger partial charge in [0.2, 0.25) is 5.75 Å². The van der Waals surface area contributed by atoms with Crippen LogP contribution in [-0.4, -0.2) is 77.4 Å². The first kappa shape index (κ1) is 23.7. The molecule has 3 rings (SSSR count). The lowest BCUT2D eigenvalue weighted by atomic mass is 9.91. The molecule has 2 heterocycles. The summed E-state index contributed by atoms with van der Waals surface area (Å²) in [6.45, 7) is 13.4. The summed E-state index contributed by atoms with van der Waals surface area (Å²) in [7, 11) is 4.95. The van der Waals surface area contributed by atoms with Gasteiger partial charge in [-0.05, 0) is 37.3 Å². The van der Waals surface area contributed by atoms with Crippen LogP contribution in [0.25, 0.3) is 0 Å². The SMILES string of the molecule is COc1ccc(C[NH+]2CC[NH+]([C@H](C)C(=O)N3C[C@@H](C)C[C@H](C)C3)CC2)c(OC)c1OC. The van der Waals surface area contributed by atoms with E-state index in [0.29, 0.717) is 29.2 Å². The first-order valence-electron chi connectivity index (χ1n) is 11.6. The van der Waals surface area contributed by atoms with Crippen LogP contribution < -0.4 is 24.0 Å². The van der Waals surface area contributed by atoms with Crippen molar-refractivity contribution in [2.24, 2.45) is 11.8 Å². The first-order valence-corrected chi connectivity index (χ1v) is 11.6. The molecule has 0 bridgehead atoms. The smallest absolute Gasteiger partial charge is 0.280 e. The van der Waals surface area contributed by atoms with Gasteiger partial charge in [-0.15, -0.1) is 0 Å². The standard InChI is InChI=1S/C24H39N3O4/c1-17-13-18(2)15-27(14-17)24(28)19(3)26-11-9-25(10-12-26)16-20-7-8-21(29-4)23(31-6)22(20)30-5/h7-8,17-19H,9-16H2,1-6H3/p+2/t17-,18-,19+/m0/s1. The van der Waals surface area contributed by atoms with Gasteiger partial charge in [0.25, 0.3) is 5.91 Å². The lowest BCUT2D eigenvalue weighted by molar-refractivity contribution is -1.02. The van der Waals surface area contributed by atoms with Crippen LogP contribution in [0.15, 0.2) is 12.1 Å². The molecule has 1 aromatic carbocycles. The van der Waals surface area contributed by atoms with E-state index in [1.54, 1.807) is 21.3 Å². The molecule has 2 saturated heterocycles. The van der Waals surface area contributed by atoms with Crippen molar-refractivity contribution in [2.75, 3.05) is 60.6 Å². The summed E-state index contributed by atoms with van der Waals surface area (Å²) < 4.78 is 16.6. The van der Waals surface area contributed by atoms with Gasteiger partial charge in [0, 0.05) is 13.1 Å². The van der Waals surface area contributed by atoms with Crippen molar-refractivity contribution in [3.05, 3.63) is 17.7 Å². The third-order valence-corrected chi connectivity index (χ3v) is 6.99. The number of carbonyl (C=O) groups excluding carboxylic acids is 1. The highest BCUT2D eigenvalue weighted by Gasteiger charge is 2.36. The normalized spacial score (nSPS) is 27.5. The van der Waals surface area contributed by atoms with Crippen molar-refractivity contribution in [3.8, 4) is 17.2 Å². The van der Waals surface area contributed by atoms with E-state index in [1.807, 2.05) is 6.07 Å². The van der Waals surface area contributed by atoms with E-state index in [2.05, 4.69) is 31.7 Å². The molecule has 1 aromatic rings. The fraction of sp³-hybridized carbons (Fsp3) is 0.708. The number of benzene rings is 1. The van der Waals surface area contributed by atoms with E-state index in [1.165, 1.54) is 16.2 Å². The van der Waals surface area contributed by atoms with Crippen molar-refractivity contribution in [2.45, 2.75) is 39.8 Å². The molecule has 0 aliphatic carbocycles. The number of piperazine rings is 1. The van der Waals surface area contributed by atoms with Crippen molar-refractivity contribution >= 4 is 5.91 Å². The summed E-state index contributed by atoms with van der Waals surface area (Å²) in [5.41, 5.74) is 1.12. The van der Waals surface area contributed by atoms with E-state index in [0.717, 1.165) is 57.1 Å². The van der Waals surface area contributed by atoms with Gasteiger partial charge in [-0.25, -0.2) is 0 Å². The highest BCUT2D eigenvalue weighted by atomic mass is 16.5. The Morgan fingerprint density at radius 3 is 2.16 bits per heavy atom. The van der Waals surface area contributed by atoms with Crippen molar-refractivity contribution in [1.82, 2.24) is 4.90 Å². The van der Waals surface area contributed by atoms with E-state index in [4.69, 9.17) is 14.2 Å². The zero-order chi connectivity index (χ0) is 22.5. The Morgan fingerprint density at radius 2 is 1.61 bits per heavy atom. The van der Waals surface area contributed by atoms with Crippen molar-refractivity contribution in [3.63, 3.8) is 0 Å². The molecule has 2 aliphatic heterocycles. The number of quaternary nitrogens is 2. The third kappa shape index (κ3) is 5.44. The quantitative estimate of drug-likeness (QED) is 0.628. The number of nitrogens with zero attached hydrogens (tertiary/aromatic N) is 1. The van der Waals surface area contributed by atoms with Crippen LogP contribution in [0.4, 0.5) is 0 Å². The van der Waals surface area contributed by atoms with E-state index in [9.17, 15) is 4.79 Å². The molecule has 3 atom stereocenters. The Bertz CT molecular complexity index is 739. The molecule has 0 unspecified atom stereocenters. The molecule has 7 heteroatoms. The summed E-state index contributed by atoms with van der Waals surface area (Å²) >= 11 is 0. The van der Waals surface area contributed by atoms with Crippen LogP contribution in [0, 0.1) is 11.8 Å². The summed E-state index contributed by atoms with van der Waals surface area (Å²) in [5, 5.41) is 0. The zero-order valence-electron chi connectivity index (χ0n) is 20.1. The molecule has 2 N–H and O–H groups in total. The molecule has 0 radical (unpaired) electrons. The van der Waals surface area contributed by atoms with Crippen LogP contribution >= 0.6 is 0 Å². The molecule has 2 aliphatic rings. The van der Waals surface area contributed by atoms with Crippen LogP contribution in [0.5, 0.6) is 17.2 Å². The van der Waals surface area contributed by atoms with Gasteiger partial charge in [-0.3, -0.25) is 4.79 Å². The fourth-order valence-electron chi connectivity index (χ4n) is 5.40. The molecular weight excluding hydrogens is 394 g/mol. The number of ether oxygens (including phenoxy) is 3. The van der Waals surface area contributed by atoms with Crippen LogP contribution in [0.1, 0.15) is 32.8 Å². The molecule has 1 amide bonds. The van der Waals surface area contributed by atoms with E-state index in [-0.39, 0.29) is 6.04 Å². The number of carbonyl (C=O) groups is 1. The second kappa shape index (κ2) is 10.6. The number of piperidine rings is 1. The average molecular weight is 436 g/mol. The maximum absolute atomic E-state index is 13.1. The predicted octanol–water partition coefficient (Wildman–Crippen LogP) is -0.111. The predicted molar refractivity (Wildman–Crippen MR) is 120 cm³/mol. The molecule has 0 spiro atoms. The van der Waals surface area contributed by atoms with E-state index >= 15 is 0 Å². The Labute approximate surface area is 187 Å². The monoisotopic (exact) mass is 435 g/mol. The lowest BCUT2D eigenvalue weighted by Crippen LogP contribution is -3.29. The minimum Gasteiger partial charge on any atom is -0.493 e. The van der Waals surface area contributed by atoms with Gasteiger partial charge in [-0.1, -0.05) is 13.8 Å². The lowest BCUT2D eigenvalue weighted by Gasteiger charge is -2.39. The average Bonchev–Trinajstić information content (AvgIpc) is 2.77. The zero-order valence-corrected chi connectivity index (χ0v) is 20.1. The Morgan fingerprint density at radius 1 is 1.00 bits per heavy atom. The maximum atomic E-state index is 13.1. The van der Waals surface area contributed by atoms with Gasteiger partial charge in [0.05, 0.1) is 26.9 Å². The minimum atomic E-state index is 0.0367.